The van der Waals surface area contributed by atoms with Crippen LogP contribution in [0, 0.1) is 4.77 Å². The van der Waals surface area contributed by atoms with Gasteiger partial charge in [-0.2, -0.15) is 14.9 Å². The van der Waals surface area contributed by atoms with Crippen LogP contribution in [0.5, 0.6) is 0 Å². The van der Waals surface area contributed by atoms with Crippen molar-refractivity contribution in [1.82, 2.24) is 19.9 Å². The summed E-state index contributed by atoms with van der Waals surface area (Å²) < 4.78 is 2.05. The first kappa shape index (κ1) is 15.1. The number of aromatic amines is 1. The van der Waals surface area contributed by atoms with E-state index in [9.17, 15) is 0 Å². The third kappa shape index (κ3) is 3.67. The van der Waals surface area contributed by atoms with Crippen LogP contribution in [0.1, 0.15) is 12.5 Å². The summed E-state index contributed by atoms with van der Waals surface area (Å²) in [5.41, 5.74) is 3.04. The van der Waals surface area contributed by atoms with E-state index < -0.39 is 0 Å². The van der Waals surface area contributed by atoms with Gasteiger partial charge in [0.15, 0.2) is 5.82 Å². The SMILES string of the molecule is CC(/C=N\n1c(-c2ccncc2)n[nH]c1=S)=C/c1ccccc1. The molecule has 3 rings (SSSR count). The molecule has 0 saturated heterocycles. The molecule has 0 unspecified atom stereocenters. The zero-order valence-electron chi connectivity index (χ0n) is 12.5. The van der Waals surface area contributed by atoms with E-state index in [1.165, 1.54) is 0 Å². The summed E-state index contributed by atoms with van der Waals surface area (Å²) in [6.45, 7) is 1.99. The summed E-state index contributed by atoms with van der Waals surface area (Å²) in [7, 11) is 0. The minimum atomic E-state index is 0.445. The van der Waals surface area contributed by atoms with Gasteiger partial charge >= 0.3 is 0 Å². The van der Waals surface area contributed by atoms with Crippen LogP contribution >= 0.6 is 12.2 Å². The Hall–Kier alpha value is -2.86. The maximum atomic E-state index is 5.25. The highest BCUT2D eigenvalue weighted by Gasteiger charge is 2.07. The molecule has 0 amide bonds. The number of nitrogens with one attached hydrogen (secondary N) is 1. The molecule has 0 fully saturated rings. The van der Waals surface area contributed by atoms with E-state index in [4.69, 9.17) is 12.2 Å². The predicted octanol–water partition coefficient (Wildman–Crippen LogP) is 3.94. The number of allylic oxidation sites excluding steroid dienone is 1. The van der Waals surface area contributed by atoms with Crippen LogP contribution in [-0.2, 0) is 0 Å². The first-order chi connectivity index (χ1) is 11.2. The van der Waals surface area contributed by atoms with E-state index in [1.54, 1.807) is 23.3 Å². The molecule has 23 heavy (non-hydrogen) atoms. The monoisotopic (exact) mass is 321 g/mol. The van der Waals surface area contributed by atoms with Crippen LogP contribution in [0.25, 0.3) is 17.5 Å². The van der Waals surface area contributed by atoms with Gasteiger partial charge in [0.2, 0.25) is 4.77 Å². The number of H-pyrrole nitrogens is 1. The van der Waals surface area contributed by atoms with Gasteiger partial charge in [-0.1, -0.05) is 36.4 Å². The Morgan fingerprint density at radius 3 is 2.65 bits per heavy atom. The van der Waals surface area contributed by atoms with Gasteiger partial charge in [0.25, 0.3) is 0 Å². The van der Waals surface area contributed by atoms with E-state index >= 15 is 0 Å². The quantitative estimate of drug-likeness (QED) is 0.585. The van der Waals surface area contributed by atoms with Crippen molar-refractivity contribution in [2.75, 3.05) is 0 Å². The number of benzene rings is 1. The summed E-state index contributed by atoms with van der Waals surface area (Å²) in [6, 6.07) is 13.8. The summed E-state index contributed by atoms with van der Waals surface area (Å²) in [5, 5.41) is 11.4. The molecule has 0 aliphatic rings. The maximum Gasteiger partial charge on any atom is 0.216 e. The van der Waals surface area contributed by atoms with E-state index in [0.717, 1.165) is 16.7 Å². The Bertz CT molecular complexity index is 891. The predicted molar refractivity (Wildman–Crippen MR) is 94.6 cm³/mol. The molecule has 2 aromatic heterocycles. The van der Waals surface area contributed by atoms with Crippen molar-refractivity contribution in [3.05, 3.63) is 70.8 Å². The van der Waals surface area contributed by atoms with Gasteiger partial charge in [0.1, 0.15) is 0 Å². The summed E-state index contributed by atoms with van der Waals surface area (Å²) >= 11 is 5.25. The molecule has 6 heteroatoms. The third-order valence-electron chi connectivity index (χ3n) is 3.16. The number of pyridine rings is 1. The second-order valence-electron chi connectivity index (χ2n) is 4.94. The number of rotatable bonds is 4. The van der Waals surface area contributed by atoms with Crippen LogP contribution in [0.2, 0.25) is 0 Å². The normalized spacial score (nSPS) is 12.0. The van der Waals surface area contributed by atoms with Gasteiger partial charge in [-0.3, -0.25) is 4.98 Å². The Morgan fingerprint density at radius 1 is 1.17 bits per heavy atom. The molecule has 0 saturated carbocycles. The lowest BCUT2D eigenvalue weighted by Crippen LogP contribution is -1.95. The van der Waals surface area contributed by atoms with Crippen LogP contribution in [-0.4, -0.2) is 26.1 Å². The van der Waals surface area contributed by atoms with Crippen molar-refractivity contribution in [3.8, 4) is 11.4 Å². The maximum absolute atomic E-state index is 5.25. The molecule has 114 valence electrons. The standard InChI is InChI=1S/C17H15N5S/c1-13(11-14-5-3-2-4-6-14)12-19-22-16(20-21-17(22)23)15-7-9-18-10-8-15/h2-12H,1H3,(H,21,23)/b13-11-,19-12-. The number of nitrogens with zero attached hydrogens (tertiary/aromatic N) is 4. The zero-order chi connectivity index (χ0) is 16.1. The summed E-state index contributed by atoms with van der Waals surface area (Å²) in [4.78, 5) is 4.01. The molecule has 0 aliphatic carbocycles. The molecule has 0 aliphatic heterocycles. The lowest BCUT2D eigenvalue weighted by atomic mass is 10.1. The summed E-state index contributed by atoms with van der Waals surface area (Å²) in [5.74, 6) is 0.654. The third-order valence-corrected chi connectivity index (χ3v) is 3.42. The van der Waals surface area contributed by atoms with Crippen LogP contribution < -0.4 is 0 Å². The largest absolute Gasteiger partial charge is 0.265 e. The van der Waals surface area contributed by atoms with Crippen LogP contribution in [0.4, 0.5) is 0 Å². The topological polar surface area (TPSA) is 58.9 Å². The molecular weight excluding hydrogens is 306 g/mol. The van der Waals surface area contributed by atoms with Gasteiger partial charge in [-0.15, -0.1) is 0 Å². The highest BCUT2D eigenvalue weighted by molar-refractivity contribution is 7.71. The first-order valence-corrected chi connectivity index (χ1v) is 7.50. The van der Waals surface area contributed by atoms with Crippen LogP contribution in [0.3, 0.4) is 0 Å². The molecule has 5 nitrogen and oxygen atoms in total. The van der Waals surface area contributed by atoms with Crippen molar-refractivity contribution in [1.29, 1.82) is 0 Å². The van der Waals surface area contributed by atoms with Crippen molar-refractivity contribution in [2.24, 2.45) is 5.10 Å². The van der Waals surface area contributed by atoms with Gasteiger partial charge in [0, 0.05) is 18.0 Å². The van der Waals surface area contributed by atoms with Crippen molar-refractivity contribution in [2.45, 2.75) is 6.92 Å². The van der Waals surface area contributed by atoms with E-state index in [-0.39, 0.29) is 0 Å². The average molecular weight is 321 g/mol. The smallest absolute Gasteiger partial charge is 0.216 e. The molecule has 0 spiro atoms. The highest BCUT2D eigenvalue weighted by atomic mass is 32.1. The lowest BCUT2D eigenvalue weighted by molar-refractivity contribution is 0.871. The van der Waals surface area contributed by atoms with Gasteiger partial charge in [-0.25, -0.2) is 5.10 Å². The summed E-state index contributed by atoms with van der Waals surface area (Å²) in [6.07, 6.45) is 7.24. The molecule has 0 radical (unpaired) electrons. The molecular formula is C17H15N5S. The molecule has 1 N–H and O–H groups in total. The lowest BCUT2D eigenvalue weighted by Gasteiger charge is -2.00. The number of aromatic nitrogens is 4. The average Bonchev–Trinajstić information content (AvgIpc) is 2.95. The van der Waals surface area contributed by atoms with Gasteiger partial charge < -0.3 is 0 Å². The fourth-order valence-electron chi connectivity index (χ4n) is 2.08. The van der Waals surface area contributed by atoms with Gasteiger partial charge in [-0.05, 0) is 42.4 Å². The molecule has 3 aromatic rings. The van der Waals surface area contributed by atoms with Crippen molar-refractivity contribution >= 4 is 24.5 Å². The Kier molecular flexibility index (Phi) is 4.54. The minimum Gasteiger partial charge on any atom is -0.265 e. The van der Waals surface area contributed by atoms with Crippen molar-refractivity contribution < 1.29 is 0 Å². The first-order valence-electron chi connectivity index (χ1n) is 7.09. The molecule has 2 heterocycles. The second kappa shape index (κ2) is 6.93. The van der Waals surface area contributed by atoms with E-state index in [2.05, 4.69) is 26.4 Å². The van der Waals surface area contributed by atoms with Gasteiger partial charge in [0.05, 0.1) is 6.21 Å². The van der Waals surface area contributed by atoms with Crippen molar-refractivity contribution in [3.63, 3.8) is 0 Å². The number of hydrogen-bond acceptors (Lipinski definition) is 4. The Morgan fingerprint density at radius 2 is 1.91 bits per heavy atom. The molecule has 0 bridgehead atoms. The van der Waals surface area contributed by atoms with E-state index in [0.29, 0.717) is 10.6 Å². The molecule has 0 atom stereocenters. The van der Waals surface area contributed by atoms with E-state index in [1.807, 2.05) is 49.4 Å². The Balaban J connectivity index is 1.90. The Labute approximate surface area is 139 Å². The molecule has 1 aromatic carbocycles. The zero-order valence-corrected chi connectivity index (χ0v) is 13.4. The highest BCUT2D eigenvalue weighted by Crippen LogP contribution is 2.15. The minimum absolute atomic E-state index is 0.445. The number of hydrogen-bond donors (Lipinski definition) is 1. The fraction of sp³-hybridized carbons (Fsp3) is 0.0588. The van der Waals surface area contributed by atoms with Crippen LogP contribution in [0.15, 0.2) is 65.5 Å². The fourth-order valence-corrected chi connectivity index (χ4v) is 2.26. The second-order valence-corrected chi connectivity index (χ2v) is 5.33.